The number of amides is 1. The second kappa shape index (κ2) is 4.38. The second-order valence-electron chi connectivity index (χ2n) is 3.82. The van der Waals surface area contributed by atoms with Crippen LogP contribution in [0.25, 0.3) is 0 Å². The van der Waals surface area contributed by atoms with E-state index in [4.69, 9.17) is 0 Å². The van der Waals surface area contributed by atoms with Gasteiger partial charge in [-0.3, -0.25) is 9.78 Å². The first kappa shape index (κ1) is 10.1. The Morgan fingerprint density at radius 2 is 2.13 bits per heavy atom. The van der Waals surface area contributed by atoms with E-state index in [-0.39, 0.29) is 11.9 Å². The first-order valence-electron chi connectivity index (χ1n) is 5.10. The van der Waals surface area contributed by atoms with Gasteiger partial charge in [-0.25, -0.2) is 4.39 Å². The average Bonchev–Trinajstić information content (AvgIpc) is 2.65. The quantitative estimate of drug-likeness (QED) is 0.803. The summed E-state index contributed by atoms with van der Waals surface area (Å²) in [6.45, 7) is 0. The van der Waals surface area contributed by atoms with Crippen molar-refractivity contribution in [1.29, 1.82) is 0 Å². The van der Waals surface area contributed by atoms with E-state index in [1.54, 1.807) is 24.5 Å². The van der Waals surface area contributed by atoms with E-state index in [0.29, 0.717) is 18.4 Å². The predicted octanol–water partition coefficient (Wildman–Crippen LogP) is 1.70. The molecular formula is C11H13FN2O. The Hall–Kier alpha value is -1.45. The minimum Gasteiger partial charge on any atom is -0.349 e. The molecule has 0 bridgehead atoms. The maximum Gasteiger partial charge on any atom is 0.251 e. The van der Waals surface area contributed by atoms with Crippen molar-refractivity contribution < 1.29 is 9.18 Å². The van der Waals surface area contributed by atoms with Gasteiger partial charge in [0, 0.05) is 24.0 Å². The third-order valence-electron chi connectivity index (χ3n) is 2.65. The highest BCUT2D eigenvalue weighted by Crippen LogP contribution is 2.21. The highest BCUT2D eigenvalue weighted by Gasteiger charge is 2.25. The fourth-order valence-electron chi connectivity index (χ4n) is 1.83. The van der Waals surface area contributed by atoms with Crippen LogP contribution in [-0.4, -0.2) is 23.1 Å². The first-order chi connectivity index (χ1) is 7.25. The number of nitrogens with zero attached hydrogens (tertiary/aromatic N) is 1. The lowest BCUT2D eigenvalue weighted by molar-refractivity contribution is 0.0936. The number of pyridine rings is 1. The van der Waals surface area contributed by atoms with Gasteiger partial charge >= 0.3 is 0 Å². The molecule has 80 valence electrons. The number of carbonyl (C=O) groups is 1. The van der Waals surface area contributed by atoms with Gasteiger partial charge in [-0.15, -0.1) is 0 Å². The van der Waals surface area contributed by atoms with E-state index >= 15 is 0 Å². The van der Waals surface area contributed by atoms with Crippen LogP contribution >= 0.6 is 0 Å². The lowest BCUT2D eigenvalue weighted by Crippen LogP contribution is -2.33. The van der Waals surface area contributed by atoms with E-state index in [2.05, 4.69) is 10.3 Å². The molecule has 2 atom stereocenters. The summed E-state index contributed by atoms with van der Waals surface area (Å²) in [5.74, 6) is -0.142. The Morgan fingerprint density at radius 1 is 1.40 bits per heavy atom. The minimum absolute atomic E-state index is 0.0133. The van der Waals surface area contributed by atoms with Crippen LogP contribution in [0.3, 0.4) is 0 Å². The monoisotopic (exact) mass is 208 g/mol. The van der Waals surface area contributed by atoms with Gasteiger partial charge in [0.25, 0.3) is 5.91 Å². The number of aromatic nitrogens is 1. The normalized spacial score (nSPS) is 25.1. The maximum atomic E-state index is 12.9. The van der Waals surface area contributed by atoms with Crippen molar-refractivity contribution in [3.63, 3.8) is 0 Å². The predicted molar refractivity (Wildman–Crippen MR) is 54.2 cm³/mol. The summed E-state index contributed by atoms with van der Waals surface area (Å²) < 4.78 is 12.9. The van der Waals surface area contributed by atoms with Crippen LogP contribution < -0.4 is 5.32 Å². The van der Waals surface area contributed by atoms with Gasteiger partial charge in [0.2, 0.25) is 0 Å². The molecule has 4 heteroatoms. The molecule has 0 spiro atoms. The van der Waals surface area contributed by atoms with E-state index < -0.39 is 6.17 Å². The zero-order chi connectivity index (χ0) is 10.7. The number of alkyl halides is 1. The molecule has 1 fully saturated rings. The Balaban J connectivity index is 1.93. The molecule has 1 aliphatic rings. The van der Waals surface area contributed by atoms with Gasteiger partial charge in [0.05, 0.1) is 0 Å². The van der Waals surface area contributed by atoms with Crippen LogP contribution in [0, 0.1) is 0 Å². The number of hydrogen-bond acceptors (Lipinski definition) is 2. The molecule has 0 aromatic carbocycles. The SMILES string of the molecule is O=C(N[C@@H]1CC[C@H](F)C1)c1ccncc1. The molecule has 1 aliphatic carbocycles. The molecule has 1 N–H and O–H groups in total. The Kier molecular flexibility index (Phi) is 2.94. The van der Waals surface area contributed by atoms with Crippen LogP contribution in [0.5, 0.6) is 0 Å². The summed E-state index contributed by atoms with van der Waals surface area (Å²) in [6, 6.07) is 3.29. The fraction of sp³-hybridized carbons (Fsp3) is 0.455. The fourth-order valence-corrected chi connectivity index (χ4v) is 1.83. The second-order valence-corrected chi connectivity index (χ2v) is 3.82. The maximum absolute atomic E-state index is 12.9. The van der Waals surface area contributed by atoms with Gasteiger partial charge in [-0.1, -0.05) is 0 Å². The van der Waals surface area contributed by atoms with Crippen molar-refractivity contribution in [2.75, 3.05) is 0 Å². The van der Waals surface area contributed by atoms with Crippen molar-refractivity contribution in [2.45, 2.75) is 31.5 Å². The molecular weight excluding hydrogens is 195 g/mol. The Morgan fingerprint density at radius 3 is 2.73 bits per heavy atom. The van der Waals surface area contributed by atoms with Crippen LogP contribution in [0.15, 0.2) is 24.5 Å². The summed E-state index contributed by atoms with van der Waals surface area (Å²) in [6.07, 6.45) is 4.12. The molecule has 2 rings (SSSR count). The van der Waals surface area contributed by atoms with E-state index in [1.165, 1.54) is 0 Å². The summed E-state index contributed by atoms with van der Waals surface area (Å²) in [5.41, 5.74) is 0.576. The van der Waals surface area contributed by atoms with Gasteiger partial charge in [0.15, 0.2) is 0 Å². The smallest absolute Gasteiger partial charge is 0.251 e. The molecule has 1 aromatic heterocycles. The zero-order valence-corrected chi connectivity index (χ0v) is 8.32. The van der Waals surface area contributed by atoms with E-state index in [9.17, 15) is 9.18 Å². The van der Waals surface area contributed by atoms with Gasteiger partial charge in [-0.05, 0) is 31.4 Å². The van der Waals surface area contributed by atoms with E-state index in [0.717, 1.165) is 6.42 Å². The van der Waals surface area contributed by atoms with Crippen LogP contribution in [0.2, 0.25) is 0 Å². The Labute approximate surface area is 87.7 Å². The molecule has 1 amide bonds. The number of rotatable bonds is 2. The molecule has 3 nitrogen and oxygen atoms in total. The molecule has 1 aromatic rings. The molecule has 0 saturated heterocycles. The highest BCUT2D eigenvalue weighted by atomic mass is 19.1. The Bertz CT molecular complexity index is 342. The van der Waals surface area contributed by atoms with Gasteiger partial charge < -0.3 is 5.32 Å². The molecule has 0 aliphatic heterocycles. The van der Waals surface area contributed by atoms with E-state index in [1.807, 2.05) is 0 Å². The van der Waals surface area contributed by atoms with Crippen molar-refractivity contribution in [3.8, 4) is 0 Å². The lowest BCUT2D eigenvalue weighted by Gasteiger charge is -2.11. The molecule has 15 heavy (non-hydrogen) atoms. The van der Waals surface area contributed by atoms with Crippen molar-refractivity contribution in [2.24, 2.45) is 0 Å². The topological polar surface area (TPSA) is 42.0 Å². The largest absolute Gasteiger partial charge is 0.349 e. The summed E-state index contributed by atoms with van der Waals surface area (Å²) in [5, 5.41) is 2.82. The number of carbonyl (C=O) groups excluding carboxylic acids is 1. The van der Waals surface area contributed by atoms with Gasteiger partial charge in [-0.2, -0.15) is 0 Å². The third kappa shape index (κ3) is 2.52. The van der Waals surface area contributed by atoms with Crippen LogP contribution in [0.4, 0.5) is 4.39 Å². The van der Waals surface area contributed by atoms with Crippen LogP contribution in [0.1, 0.15) is 29.6 Å². The molecule has 0 radical (unpaired) electrons. The zero-order valence-electron chi connectivity index (χ0n) is 8.32. The summed E-state index contributed by atoms with van der Waals surface area (Å²) >= 11 is 0. The molecule has 0 unspecified atom stereocenters. The first-order valence-corrected chi connectivity index (χ1v) is 5.10. The van der Waals surface area contributed by atoms with Crippen LogP contribution in [-0.2, 0) is 0 Å². The average molecular weight is 208 g/mol. The summed E-state index contributed by atoms with van der Waals surface area (Å²) in [7, 11) is 0. The lowest BCUT2D eigenvalue weighted by atomic mass is 10.2. The van der Waals surface area contributed by atoms with Crippen molar-refractivity contribution in [3.05, 3.63) is 30.1 Å². The highest BCUT2D eigenvalue weighted by molar-refractivity contribution is 5.94. The number of nitrogens with one attached hydrogen (secondary N) is 1. The number of halogens is 1. The van der Waals surface area contributed by atoms with Crippen molar-refractivity contribution >= 4 is 5.91 Å². The van der Waals surface area contributed by atoms with Crippen molar-refractivity contribution in [1.82, 2.24) is 10.3 Å². The summed E-state index contributed by atoms with van der Waals surface area (Å²) in [4.78, 5) is 15.5. The molecule has 1 heterocycles. The molecule has 1 saturated carbocycles. The minimum atomic E-state index is -0.757. The standard InChI is InChI=1S/C11H13FN2O/c12-9-1-2-10(7-9)14-11(15)8-3-5-13-6-4-8/h3-6,9-10H,1-2,7H2,(H,14,15)/t9-,10+/m0/s1. The number of hydrogen-bond donors (Lipinski definition) is 1. The van der Waals surface area contributed by atoms with Gasteiger partial charge in [0.1, 0.15) is 6.17 Å². The third-order valence-corrected chi connectivity index (χ3v) is 2.65.